The first-order valence-electron chi connectivity index (χ1n) is 9.15. The van der Waals surface area contributed by atoms with Gasteiger partial charge in [-0.25, -0.2) is 0 Å². The van der Waals surface area contributed by atoms with Crippen LogP contribution >= 0.6 is 24.0 Å². The summed E-state index contributed by atoms with van der Waals surface area (Å²) in [5.41, 5.74) is 2.47. The maximum absolute atomic E-state index is 12.4. The third-order valence-electron chi connectivity index (χ3n) is 4.89. The highest BCUT2D eigenvalue weighted by Gasteiger charge is 2.32. The van der Waals surface area contributed by atoms with Crippen LogP contribution < -0.4 is 10.6 Å². The number of likely N-dealkylation sites (tertiary alicyclic amines) is 1. The molecule has 1 heterocycles. The summed E-state index contributed by atoms with van der Waals surface area (Å²) in [6.45, 7) is 3.85. The number of benzene rings is 1. The van der Waals surface area contributed by atoms with Gasteiger partial charge in [0.15, 0.2) is 5.96 Å². The zero-order valence-corrected chi connectivity index (χ0v) is 18.3. The predicted molar refractivity (Wildman–Crippen MR) is 115 cm³/mol. The number of aliphatic imine (C=N–C) groups is 1. The van der Waals surface area contributed by atoms with E-state index in [0.29, 0.717) is 25.6 Å². The van der Waals surface area contributed by atoms with Gasteiger partial charge in [-0.15, -0.1) is 24.0 Å². The van der Waals surface area contributed by atoms with Crippen molar-refractivity contribution in [3.8, 4) is 0 Å². The zero-order valence-electron chi connectivity index (χ0n) is 16.0. The highest BCUT2D eigenvalue weighted by atomic mass is 127. The molecule has 27 heavy (non-hydrogen) atoms. The van der Waals surface area contributed by atoms with E-state index < -0.39 is 12.7 Å². The number of nitrogens with zero attached hydrogens (tertiary/aromatic N) is 2. The van der Waals surface area contributed by atoms with E-state index in [1.54, 1.807) is 7.05 Å². The lowest BCUT2D eigenvalue weighted by Gasteiger charge is -2.32. The third-order valence-corrected chi connectivity index (χ3v) is 4.89. The van der Waals surface area contributed by atoms with Crippen LogP contribution in [0.5, 0.6) is 0 Å². The molecule has 1 aromatic rings. The lowest BCUT2D eigenvalue weighted by molar-refractivity contribution is -0.148. The molecule has 0 radical (unpaired) electrons. The van der Waals surface area contributed by atoms with Gasteiger partial charge in [0.25, 0.3) is 0 Å². The first-order valence-corrected chi connectivity index (χ1v) is 9.15. The molecule has 8 heteroatoms. The molecule has 0 spiro atoms. The van der Waals surface area contributed by atoms with E-state index in [1.165, 1.54) is 16.0 Å². The quantitative estimate of drug-likeness (QED) is 0.355. The molecule has 4 nitrogen and oxygen atoms in total. The number of guanidine groups is 1. The fourth-order valence-electron chi connectivity index (χ4n) is 3.29. The van der Waals surface area contributed by atoms with Crippen molar-refractivity contribution < 1.29 is 13.2 Å². The maximum Gasteiger partial charge on any atom is 0.401 e. The lowest BCUT2D eigenvalue weighted by Crippen LogP contribution is -2.41. The second-order valence-electron chi connectivity index (χ2n) is 6.90. The summed E-state index contributed by atoms with van der Waals surface area (Å²) in [4.78, 5) is 5.74. The number of alkyl halides is 3. The van der Waals surface area contributed by atoms with Crippen molar-refractivity contribution in [3.05, 3.63) is 35.4 Å². The first kappa shape index (κ1) is 24.0. The van der Waals surface area contributed by atoms with Gasteiger partial charge in [0, 0.05) is 20.1 Å². The van der Waals surface area contributed by atoms with Crippen LogP contribution in [0.4, 0.5) is 13.2 Å². The van der Waals surface area contributed by atoms with E-state index in [1.807, 2.05) is 12.1 Å². The molecule has 0 aromatic heterocycles. The van der Waals surface area contributed by atoms with Crippen molar-refractivity contribution in [2.75, 3.05) is 33.2 Å². The molecule has 2 rings (SSSR count). The Bertz CT molecular complexity index is 585. The second kappa shape index (κ2) is 11.7. The zero-order chi connectivity index (χ0) is 19.0. The van der Waals surface area contributed by atoms with Crippen LogP contribution in [-0.4, -0.2) is 50.3 Å². The molecule has 1 saturated heterocycles. The van der Waals surface area contributed by atoms with Gasteiger partial charge in [-0.3, -0.25) is 9.89 Å². The van der Waals surface area contributed by atoms with E-state index in [9.17, 15) is 13.2 Å². The van der Waals surface area contributed by atoms with E-state index in [2.05, 4.69) is 34.7 Å². The molecule has 1 aliphatic rings. The molecular weight excluding hydrogens is 468 g/mol. The summed E-state index contributed by atoms with van der Waals surface area (Å²) in [6.07, 6.45) is -1.49. The van der Waals surface area contributed by atoms with Gasteiger partial charge in [0.05, 0.1) is 6.54 Å². The van der Waals surface area contributed by atoms with Crippen LogP contribution in [0.15, 0.2) is 29.3 Å². The topological polar surface area (TPSA) is 39.7 Å². The second-order valence-corrected chi connectivity index (χ2v) is 6.90. The van der Waals surface area contributed by atoms with Gasteiger partial charge in [-0.1, -0.05) is 24.3 Å². The molecule has 2 N–H and O–H groups in total. The number of aryl methyl sites for hydroxylation is 1. The van der Waals surface area contributed by atoms with Gasteiger partial charge in [0.2, 0.25) is 0 Å². The van der Waals surface area contributed by atoms with Gasteiger partial charge in [0.1, 0.15) is 0 Å². The fourth-order valence-corrected chi connectivity index (χ4v) is 3.29. The molecule has 1 fully saturated rings. The van der Waals surface area contributed by atoms with Crippen molar-refractivity contribution >= 4 is 29.9 Å². The average molecular weight is 498 g/mol. The molecule has 0 aliphatic carbocycles. The Morgan fingerprint density at radius 2 is 1.85 bits per heavy atom. The normalized spacial score (nSPS) is 16.7. The molecule has 154 valence electrons. The van der Waals surface area contributed by atoms with Crippen LogP contribution in [0.3, 0.4) is 0 Å². The summed E-state index contributed by atoms with van der Waals surface area (Å²) >= 11 is 0. The van der Waals surface area contributed by atoms with Gasteiger partial charge >= 0.3 is 6.18 Å². The Morgan fingerprint density at radius 3 is 2.44 bits per heavy atom. The smallest absolute Gasteiger partial charge is 0.356 e. The summed E-state index contributed by atoms with van der Waals surface area (Å²) in [5.74, 6) is 1.23. The number of piperidine rings is 1. The molecule has 1 aliphatic heterocycles. The summed E-state index contributed by atoms with van der Waals surface area (Å²) in [6, 6.07) is 8.21. The van der Waals surface area contributed by atoms with Crippen LogP contribution in [0.25, 0.3) is 0 Å². The first-order chi connectivity index (χ1) is 12.4. The molecule has 0 amide bonds. The lowest BCUT2D eigenvalue weighted by atomic mass is 9.93. The van der Waals surface area contributed by atoms with Gasteiger partial charge < -0.3 is 10.6 Å². The van der Waals surface area contributed by atoms with E-state index in [-0.39, 0.29) is 24.0 Å². The van der Waals surface area contributed by atoms with Gasteiger partial charge in [-0.05, 0) is 56.3 Å². The van der Waals surface area contributed by atoms with Crippen molar-refractivity contribution in [2.24, 2.45) is 10.9 Å². The highest BCUT2D eigenvalue weighted by Crippen LogP contribution is 2.23. The van der Waals surface area contributed by atoms with Crippen LogP contribution in [0.1, 0.15) is 30.4 Å². The van der Waals surface area contributed by atoms with E-state index in [4.69, 9.17) is 0 Å². The Hall–Kier alpha value is -1.03. The van der Waals surface area contributed by atoms with Gasteiger partial charge in [-0.2, -0.15) is 13.2 Å². The largest absolute Gasteiger partial charge is 0.401 e. The molecule has 0 unspecified atom stereocenters. The van der Waals surface area contributed by atoms with Crippen LogP contribution in [0, 0.1) is 12.8 Å². The summed E-state index contributed by atoms with van der Waals surface area (Å²) in [5, 5.41) is 6.60. The average Bonchev–Trinajstić information content (AvgIpc) is 2.59. The SMILES string of the molecule is CN=C(NCCC1CCN(CC(F)(F)F)CC1)NCc1ccccc1C.I. The Labute approximate surface area is 177 Å². The minimum atomic E-state index is -4.09. The van der Waals surface area contributed by atoms with Crippen molar-refractivity contribution in [3.63, 3.8) is 0 Å². The maximum atomic E-state index is 12.4. The number of hydrogen-bond acceptors (Lipinski definition) is 2. The number of hydrogen-bond donors (Lipinski definition) is 2. The number of halogens is 4. The number of nitrogens with one attached hydrogen (secondary N) is 2. The Kier molecular flexibility index (Phi) is 10.4. The minimum Gasteiger partial charge on any atom is -0.356 e. The molecule has 0 atom stereocenters. The van der Waals surface area contributed by atoms with Crippen molar-refractivity contribution in [1.29, 1.82) is 0 Å². The van der Waals surface area contributed by atoms with Crippen molar-refractivity contribution in [1.82, 2.24) is 15.5 Å². The molecule has 0 bridgehead atoms. The predicted octanol–water partition coefficient (Wildman–Crippen LogP) is 3.94. The fraction of sp³-hybridized carbons (Fsp3) is 0.632. The van der Waals surface area contributed by atoms with Crippen molar-refractivity contribution in [2.45, 2.75) is 38.9 Å². The standard InChI is InChI=1S/C19H29F3N4.HI/c1-15-5-3-4-6-17(15)13-25-18(23-2)24-10-7-16-8-11-26(12-9-16)14-19(20,21)22;/h3-6,16H,7-14H2,1-2H3,(H2,23,24,25);1H. The summed E-state index contributed by atoms with van der Waals surface area (Å²) < 4.78 is 37.2. The highest BCUT2D eigenvalue weighted by molar-refractivity contribution is 14.0. The molecular formula is C19H30F3IN4. The molecule has 0 saturated carbocycles. The third kappa shape index (κ3) is 9.14. The monoisotopic (exact) mass is 498 g/mol. The minimum absolute atomic E-state index is 0. The Morgan fingerprint density at radius 1 is 1.19 bits per heavy atom. The molecule has 1 aromatic carbocycles. The van der Waals surface area contributed by atoms with E-state index in [0.717, 1.165) is 31.8 Å². The summed E-state index contributed by atoms with van der Waals surface area (Å²) in [7, 11) is 1.74. The van der Waals surface area contributed by atoms with E-state index >= 15 is 0 Å². The van der Waals surface area contributed by atoms with Crippen LogP contribution in [-0.2, 0) is 6.54 Å². The number of rotatable bonds is 6. The van der Waals surface area contributed by atoms with Crippen LogP contribution in [0.2, 0.25) is 0 Å². The Balaban J connectivity index is 0.00000364.